The average molecular weight is 290 g/mol. The molecule has 1 aliphatic rings. The van der Waals surface area contributed by atoms with Gasteiger partial charge in [-0.25, -0.2) is 0 Å². The molecule has 1 aliphatic heterocycles. The van der Waals surface area contributed by atoms with Gasteiger partial charge in [-0.05, 0) is 36.6 Å². The van der Waals surface area contributed by atoms with E-state index in [1.165, 1.54) is 38.9 Å². The van der Waals surface area contributed by atoms with Crippen LogP contribution in [0.1, 0.15) is 16.8 Å². The number of aryl methyl sites for hydroxylation is 1. The number of hydrogen-bond donors (Lipinski definition) is 1. The molecule has 0 atom stereocenters. The highest BCUT2D eigenvalue weighted by molar-refractivity contribution is 5.96. The summed E-state index contributed by atoms with van der Waals surface area (Å²) in [4.78, 5) is 0. The molecule has 2 heterocycles. The van der Waals surface area contributed by atoms with Gasteiger partial charge >= 0.3 is 0 Å². The molecular weight excluding hydrogens is 268 g/mol. The third-order valence-corrected chi connectivity index (χ3v) is 4.97. The van der Waals surface area contributed by atoms with E-state index in [-0.39, 0.29) is 0 Å². The van der Waals surface area contributed by atoms with Crippen molar-refractivity contribution in [2.24, 2.45) is 0 Å². The number of fused-ring (bicyclic) bond motifs is 3. The fraction of sp³-hybridized carbons (Fsp3) is 0.300. The Balaban J connectivity index is 2.02. The predicted octanol–water partition coefficient (Wildman–Crippen LogP) is 4.07. The Morgan fingerprint density at radius 2 is 1.77 bits per heavy atom. The normalized spacial score (nSPS) is 14.8. The van der Waals surface area contributed by atoms with Crippen LogP contribution in [0.5, 0.6) is 0 Å². The third-order valence-electron chi connectivity index (χ3n) is 4.97. The first kappa shape index (κ1) is 13.6. The largest absolute Gasteiger partial charge is 0.343 e. The smallest absolute Gasteiger partial charge is 0.0562 e. The summed E-state index contributed by atoms with van der Waals surface area (Å²) in [5.41, 5.74) is 8.33. The lowest BCUT2D eigenvalue weighted by molar-refractivity contribution is 0.658. The minimum absolute atomic E-state index is 1.05. The maximum absolute atomic E-state index is 3.50. The number of para-hydroxylation sites is 1. The standard InChI is InChI=1S/C20H22N2/c1-14-5-3-7-18(15(14)2)19-8-4-6-16-13-17-9-10-21-11-12-22(17)20(16)19/h3-8,13,21H,9-12H2,1-2H3. The lowest BCUT2D eigenvalue weighted by Crippen LogP contribution is -2.17. The number of aromatic nitrogens is 1. The van der Waals surface area contributed by atoms with E-state index in [1.54, 1.807) is 0 Å². The second-order valence-electron chi connectivity index (χ2n) is 6.28. The third kappa shape index (κ3) is 2.06. The summed E-state index contributed by atoms with van der Waals surface area (Å²) >= 11 is 0. The Morgan fingerprint density at radius 3 is 2.68 bits per heavy atom. The maximum atomic E-state index is 3.50. The van der Waals surface area contributed by atoms with Crippen LogP contribution in [-0.2, 0) is 13.0 Å². The minimum atomic E-state index is 1.05. The molecule has 0 amide bonds. The molecule has 0 saturated heterocycles. The SMILES string of the molecule is Cc1cccc(-c2cccc3cc4n(c23)CCNCC4)c1C. The number of rotatable bonds is 1. The van der Waals surface area contributed by atoms with Crippen LogP contribution in [0.25, 0.3) is 22.0 Å². The number of nitrogens with one attached hydrogen (secondary N) is 1. The first-order valence-corrected chi connectivity index (χ1v) is 8.14. The zero-order valence-corrected chi connectivity index (χ0v) is 13.3. The van der Waals surface area contributed by atoms with Gasteiger partial charge in [-0.2, -0.15) is 0 Å². The number of benzene rings is 2. The quantitative estimate of drug-likeness (QED) is 0.715. The molecule has 2 heteroatoms. The number of nitrogens with zero attached hydrogens (tertiary/aromatic N) is 1. The average Bonchev–Trinajstić information content (AvgIpc) is 2.72. The van der Waals surface area contributed by atoms with Crippen LogP contribution >= 0.6 is 0 Å². The molecule has 2 aromatic carbocycles. The fourth-order valence-corrected chi connectivity index (χ4v) is 3.64. The van der Waals surface area contributed by atoms with Gasteiger partial charge in [-0.1, -0.05) is 36.4 Å². The Kier molecular flexibility index (Phi) is 3.27. The number of hydrogen-bond acceptors (Lipinski definition) is 1. The molecule has 0 fully saturated rings. The van der Waals surface area contributed by atoms with Crippen molar-refractivity contribution < 1.29 is 0 Å². The lowest BCUT2D eigenvalue weighted by Gasteiger charge is -2.14. The van der Waals surface area contributed by atoms with E-state index < -0.39 is 0 Å². The van der Waals surface area contributed by atoms with Crippen molar-refractivity contribution in [3.05, 3.63) is 59.3 Å². The van der Waals surface area contributed by atoms with Crippen molar-refractivity contribution in [2.75, 3.05) is 13.1 Å². The van der Waals surface area contributed by atoms with Crippen LogP contribution in [-0.4, -0.2) is 17.7 Å². The summed E-state index contributed by atoms with van der Waals surface area (Å²) in [5.74, 6) is 0. The van der Waals surface area contributed by atoms with E-state index in [0.29, 0.717) is 0 Å². The molecule has 0 radical (unpaired) electrons. The van der Waals surface area contributed by atoms with Gasteiger partial charge in [0.25, 0.3) is 0 Å². The van der Waals surface area contributed by atoms with Crippen molar-refractivity contribution in [1.82, 2.24) is 9.88 Å². The molecule has 112 valence electrons. The van der Waals surface area contributed by atoms with Gasteiger partial charge in [0.15, 0.2) is 0 Å². The van der Waals surface area contributed by atoms with Crippen LogP contribution in [0, 0.1) is 13.8 Å². The first-order chi connectivity index (χ1) is 10.8. The van der Waals surface area contributed by atoms with Gasteiger partial charge in [0, 0.05) is 42.7 Å². The van der Waals surface area contributed by atoms with E-state index in [2.05, 4.69) is 66.2 Å². The van der Waals surface area contributed by atoms with Gasteiger partial charge in [-0.3, -0.25) is 0 Å². The van der Waals surface area contributed by atoms with Gasteiger partial charge in [0.05, 0.1) is 5.52 Å². The molecule has 0 saturated carbocycles. The summed E-state index contributed by atoms with van der Waals surface area (Å²) in [6.45, 7) is 7.62. The highest BCUT2D eigenvalue weighted by atomic mass is 15.0. The van der Waals surface area contributed by atoms with Crippen LogP contribution in [0.3, 0.4) is 0 Å². The van der Waals surface area contributed by atoms with Crippen molar-refractivity contribution in [3.63, 3.8) is 0 Å². The van der Waals surface area contributed by atoms with Crippen molar-refractivity contribution in [2.45, 2.75) is 26.8 Å². The van der Waals surface area contributed by atoms with Gasteiger partial charge in [-0.15, -0.1) is 0 Å². The lowest BCUT2D eigenvalue weighted by atomic mass is 9.95. The molecule has 4 rings (SSSR count). The first-order valence-electron chi connectivity index (χ1n) is 8.14. The molecule has 0 bridgehead atoms. The molecule has 1 aromatic heterocycles. The molecular formula is C20H22N2. The van der Waals surface area contributed by atoms with Gasteiger partial charge in [0.1, 0.15) is 0 Å². The van der Waals surface area contributed by atoms with Crippen molar-refractivity contribution >= 4 is 10.9 Å². The van der Waals surface area contributed by atoms with Gasteiger partial charge < -0.3 is 9.88 Å². The molecule has 0 unspecified atom stereocenters. The topological polar surface area (TPSA) is 17.0 Å². The van der Waals surface area contributed by atoms with Crippen LogP contribution < -0.4 is 5.32 Å². The Hall–Kier alpha value is -2.06. The Labute approximate surface area is 131 Å². The maximum Gasteiger partial charge on any atom is 0.0562 e. The summed E-state index contributed by atoms with van der Waals surface area (Å²) in [7, 11) is 0. The van der Waals surface area contributed by atoms with Crippen LogP contribution in [0.4, 0.5) is 0 Å². The summed E-state index contributed by atoms with van der Waals surface area (Å²) in [6, 6.07) is 15.7. The van der Waals surface area contributed by atoms with Crippen LogP contribution in [0.15, 0.2) is 42.5 Å². The molecule has 1 N–H and O–H groups in total. The Morgan fingerprint density at radius 1 is 0.955 bits per heavy atom. The van der Waals surface area contributed by atoms with Crippen molar-refractivity contribution in [3.8, 4) is 11.1 Å². The van der Waals surface area contributed by atoms with E-state index in [4.69, 9.17) is 0 Å². The second-order valence-corrected chi connectivity index (χ2v) is 6.28. The van der Waals surface area contributed by atoms with Gasteiger partial charge in [0.2, 0.25) is 0 Å². The summed E-state index contributed by atoms with van der Waals surface area (Å²) < 4.78 is 2.52. The molecule has 3 aromatic rings. The minimum Gasteiger partial charge on any atom is -0.343 e. The second kappa shape index (κ2) is 5.29. The highest BCUT2D eigenvalue weighted by Gasteiger charge is 2.16. The van der Waals surface area contributed by atoms with E-state index in [9.17, 15) is 0 Å². The Bertz CT molecular complexity index is 842. The van der Waals surface area contributed by atoms with E-state index in [1.807, 2.05) is 0 Å². The van der Waals surface area contributed by atoms with Crippen molar-refractivity contribution in [1.29, 1.82) is 0 Å². The van der Waals surface area contributed by atoms with E-state index >= 15 is 0 Å². The molecule has 22 heavy (non-hydrogen) atoms. The van der Waals surface area contributed by atoms with Crippen LogP contribution in [0.2, 0.25) is 0 Å². The summed E-state index contributed by atoms with van der Waals surface area (Å²) in [6.07, 6.45) is 1.11. The van der Waals surface area contributed by atoms with E-state index in [0.717, 1.165) is 26.1 Å². The predicted molar refractivity (Wildman–Crippen MR) is 93.4 cm³/mol. The zero-order valence-electron chi connectivity index (χ0n) is 13.3. The highest BCUT2D eigenvalue weighted by Crippen LogP contribution is 2.34. The fourth-order valence-electron chi connectivity index (χ4n) is 3.64. The summed E-state index contributed by atoms with van der Waals surface area (Å²) in [5, 5.41) is 4.87. The monoisotopic (exact) mass is 290 g/mol. The molecule has 2 nitrogen and oxygen atoms in total. The zero-order chi connectivity index (χ0) is 15.1. The molecule has 0 spiro atoms. The molecule has 0 aliphatic carbocycles.